The number of nitrogens with zero attached hydrogens (tertiary/aromatic N) is 4. The second-order valence-corrected chi connectivity index (χ2v) is 7.90. The average molecular weight is 435 g/mol. The molecular weight excluding hydrogens is 413 g/mol. The molecule has 2 aromatic heterocycles. The first-order valence-corrected chi connectivity index (χ1v) is 10.2. The Kier molecular flexibility index (Phi) is 5.53. The molecule has 0 radical (unpaired) electrons. The number of para-hydroxylation sites is 1. The molecule has 1 aliphatic heterocycles. The molecule has 32 heavy (non-hydrogen) atoms. The summed E-state index contributed by atoms with van der Waals surface area (Å²) in [5.41, 5.74) is 1.70. The number of hydrogen-bond acceptors (Lipinski definition) is 6. The van der Waals surface area contributed by atoms with Gasteiger partial charge >= 0.3 is 5.97 Å². The van der Waals surface area contributed by atoms with Crippen molar-refractivity contribution < 1.29 is 14.3 Å². The number of carbonyl (C=O) groups is 1. The van der Waals surface area contributed by atoms with Crippen LogP contribution in [0.15, 0.2) is 41.3 Å². The molecule has 1 fully saturated rings. The predicted molar refractivity (Wildman–Crippen MR) is 118 cm³/mol. The van der Waals surface area contributed by atoms with Crippen molar-refractivity contribution in [3.63, 3.8) is 0 Å². The van der Waals surface area contributed by atoms with E-state index < -0.39 is 30.3 Å². The maximum absolute atomic E-state index is 13.3. The van der Waals surface area contributed by atoms with Crippen molar-refractivity contribution in [3.8, 4) is 6.07 Å². The Morgan fingerprint density at radius 1 is 1.44 bits per heavy atom. The molecule has 3 aromatic rings. The fourth-order valence-electron chi connectivity index (χ4n) is 4.01. The van der Waals surface area contributed by atoms with E-state index in [1.807, 2.05) is 26.0 Å². The van der Waals surface area contributed by atoms with E-state index in [0.717, 1.165) is 5.56 Å². The number of alkyl halides is 1. The number of halogens is 1. The van der Waals surface area contributed by atoms with Gasteiger partial charge in [-0.1, -0.05) is 12.1 Å². The van der Waals surface area contributed by atoms with Crippen LogP contribution >= 0.6 is 0 Å². The van der Waals surface area contributed by atoms with Crippen LogP contribution in [-0.2, 0) is 0 Å². The Labute approximate surface area is 183 Å². The lowest BCUT2D eigenvalue weighted by Gasteiger charge is -2.40. The number of fused-ring (bicyclic) bond motifs is 1. The van der Waals surface area contributed by atoms with Crippen molar-refractivity contribution in [1.82, 2.24) is 9.38 Å². The van der Waals surface area contributed by atoms with Gasteiger partial charge in [-0.25, -0.2) is 14.2 Å². The molecule has 1 saturated heterocycles. The van der Waals surface area contributed by atoms with Crippen molar-refractivity contribution in [3.05, 3.63) is 69.1 Å². The van der Waals surface area contributed by atoms with Crippen LogP contribution < -0.4 is 15.8 Å². The lowest BCUT2D eigenvalue weighted by molar-refractivity contribution is 0.0698. The van der Waals surface area contributed by atoms with Crippen molar-refractivity contribution in [2.75, 3.05) is 23.4 Å². The number of carboxylic acids is 1. The van der Waals surface area contributed by atoms with Gasteiger partial charge in [-0.3, -0.25) is 9.20 Å². The highest BCUT2D eigenvalue weighted by atomic mass is 19.1. The summed E-state index contributed by atoms with van der Waals surface area (Å²) in [5, 5.41) is 22.3. The molecule has 0 saturated carbocycles. The number of aromatic nitrogens is 2. The van der Waals surface area contributed by atoms with E-state index in [1.165, 1.54) is 10.5 Å². The Balaban J connectivity index is 1.87. The van der Waals surface area contributed by atoms with Gasteiger partial charge in [-0.2, -0.15) is 5.26 Å². The van der Waals surface area contributed by atoms with Crippen LogP contribution in [0.1, 0.15) is 46.4 Å². The molecule has 2 N–H and O–H groups in total. The van der Waals surface area contributed by atoms with Gasteiger partial charge in [0.25, 0.3) is 5.56 Å². The average Bonchev–Trinajstić information content (AvgIpc) is 2.74. The first-order chi connectivity index (χ1) is 15.3. The number of anilines is 2. The van der Waals surface area contributed by atoms with Crippen LogP contribution in [0.2, 0.25) is 0 Å². The highest BCUT2D eigenvalue weighted by molar-refractivity contribution is 5.94. The number of hydrogen-bond donors (Lipinski definition) is 2. The second-order valence-electron chi connectivity index (χ2n) is 7.90. The molecule has 9 heteroatoms. The number of nitrogens with one attached hydrogen (secondary N) is 1. The van der Waals surface area contributed by atoms with Crippen LogP contribution in [0.5, 0.6) is 0 Å². The molecule has 3 heterocycles. The number of carboxylic acid groups (broad SMARTS) is 1. The SMILES string of the molecule is Cc1cc([C@@H](C)Nc2ccccc2C(=O)O)c2nc(N3CC[C@@H]3CF)c(C#N)c(=O)n2c1. The quantitative estimate of drug-likeness (QED) is 0.611. The minimum atomic E-state index is -1.06. The molecule has 1 aliphatic rings. The summed E-state index contributed by atoms with van der Waals surface area (Å²) >= 11 is 0. The van der Waals surface area contributed by atoms with Crippen molar-refractivity contribution in [2.24, 2.45) is 0 Å². The normalized spacial score (nSPS) is 16.3. The van der Waals surface area contributed by atoms with E-state index in [1.54, 1.807) is 29.3 Å². The number of rotatable bonds is 6. The topological polar surface area (TPSA) is 111 Å². The summed E-state index contributed by atoms with van der Waals surface area (Å²) < 4.78 is 14.7. The number of nitriles is 1. The molecule has 0 unspecified atom stereocenters. The Morgan fingerprint density at radius 2 is 2.19 bits per heavy atom. The van der Waals surface area contributed by atoms with Gasteiger partial charge in [-0.05, 0) is 44.0 Å². The summed E-state index contributed by atoms with van der Waals surface area (Å²) in [4.78, 5) is 31.0. The minimum Gasteiger partial charge on any atom is -0.478 e. The zero-order valence-electron chi connectivity index (χ0n) is 17.7. The van der Waals surface area contributed by atoms with Gasteiger partial charge in [0, 0.05) is 24.0 Å². The van der Waals surface area contributed by atoms with E-state index in [0.29, 0.717) is 29.9 Å². The second kappa shape index (κ2) is 8.30. The zero-order chi connectivity index (χ0) is 23.0. The van der Waals surface area contributed by atoms with Gasteiger partial charge in [0.1, 0.15) is 18.4 Å². The predicted octanol–water partition coefficient (Wildman–Crippen LogP) is 3.29. The van der Waals surface area contributed by atoms with Gasteiger partial charge in [0.15, 0.2) is 11.4 Å². The van der Waals surface area contributed by atoms with Crippen LogP contribution in [0.3, 0.4) is 0 Å². The number of aryl methyl sites for hydroxylation is 1. The first-order valence-electron chi connectivity index (χ1n) is 10.2. The molecule has 0 aliphatic carbocycles. The van der Waals surface area contributed by atoms with Crippen molar-refractivity contribution in [2.45, 2.75) is 32.4 Å². The Morgan fingerprint density at radius 3 is 2.81 bits per heavy atom. The summed E-state index contributed by atoms with van der Waals surface area (Å²) in [7, 11) is 0. The minimum absolute atomic E-state index is 0.117. The summed E-state index contributed by atoms with van der Waals surface area (Å²) in [6, 6.07) is 9.54. The molecule has 2 atom stereocenters. The highest BCUT2D eigenvalue weighted by Crippen LogP contribution is 2.30. The number of benzene rings is 1. The third-order valence-corrected chi connectivity index (χ3v) is 5.77. The molecule has 8 nitrogen and oxygen atoms in total. The summed E-state index contributed by atoms with van der Waals surface area (Å²) in [6.07, 6.45) is 2.24. The Hall–Kier alpha value is -3.93. The first kappa shape index (κ1) is 21.3. The van der Waals surface area contributed by atoms with Crippen LogP contribution in [-0.4, -0.2) is 39.7 Å². The number of aromatic carboxylic acids is 1. The lowest BCUT2D eigenvalue weighted by Crippen LogP contribution is -2.50. The van der Waals surface area contributed by atoms with Crippen LogP contribution in [0, 0.1) is 18.3 Å². The maximum Gasteiger partial charge on any atom is 0.337 e. The third kappa shape index (κ3) is 3.54. The summed E-state index contributed by atoms with van der Waals surface area (Å²) in [5.74, 6) is -0.866. The summed E-state index contributed by atoms with van der Waals surface area (Å²) in [6.45, 7) is 3.59. The van der Waals surface area contributed by atoms with Gasteiger partial charge in [-0.15, -0.1) is 0 Å². The molecule has 0 bridgehead atoms. The molecular formula is C23H22FN5O3. The van der Waals surface area contributed by atoms with E-state index in [4.69, 9.17) is 0 Å². The lowest BCUT2D eigenvalue weighted by atomic mass is 10.0. The van der Waals surface area contributed by atoms with Crippen molar-refractivity contribution in [1.29, 1.82) is 5.26 Å². The van der Waals surface area contributed by atoms with Gasteiger partial charge in [0.05, 0.1) is 17.6 Å². The van der Waals surface area contributed by atoms with Gasteiger partial charge in [0.2, 0.25) is 0 Å². The number of pyridine rings is 1. The van der Waals surface area contributed by atoms with E-state index in [2.05, 4.69) is 10.3 Å². The third-order valence-electron chi connectivity index (χ3n) is 5.77. The molecule has 164 valence electrons. The van der Waals surface area contributed by atoms with E-state index in [-0.39, 0.29) is 16.9 Å². The molecule has 1 aromatic carbocycles. The highest BCUT2D eigenvalue weighted by Gasteiger charge is 2.32. The molecule has 4 rings (SSSR count). The Bertz CT molecular complexity index is 1310. The monoisotopic (exact) mass is 435 g/mol. The fraction of sp³-hybridized carbons (Fsp3) is 0.304. The fourth-order valence-corrected chi connectivity index (χ4v) is 4.01. The zero-order valence-corrected chi connectivity index (χ0v) is 17.7. The van der Waals surface area contributed by atoms with E-state index in [9.17, 15) is 24.3 Å². The van der Waals surface area contributed by atoms with Crippen molar-refractivity contribution >= 4 is 23.1 Å². The maximum atomic E-state index is 13.3. The molecule has 0 spiro atoms. The largest absolute Gasteiger partial charge is 0.478 e. The van der Waals surface area contributed by atoms with E-state index >= 15 is 0 Å². The smallest absolute Gasteiger partial charge is 0.337 e. The van der Waals surface area contributed by atoms with Crippen LogP contribution in [0.25, 0.3) is 5.65 Å². The standard InChI is InChI=1S/C23H22FN5O3/c1-13-9-17(14(2)26-19-6-4-3-5-16(19)23(31)32)20-27-21(28-8-7-15(28)10-24)18(11-25)22(30)29(20)12-13/h3-6,9,12,14-15,26H,7-8,10H2,1-2H3,(H,31,32)/t14-,15-/m1/s1. The van der Waals surface area contributed by atoms with Gasteiger partial charge < -0.3 is 15.3 Å². The van der Waals surface area contributed by atoms with Crippen LogP contribution in [0.4, 0.5) is 15.9 Å². The molecule has 0 amide bonds.